The molecule has 0 saturated carbocycles. The molecule has 0 aliphatic carbocycles. The number of nitrogens with zero attached hydrogens (tertiary/aromatic N) is 4. The van der Waals surface area contributed by atoms with E-state index in [2.05, 4.69) is 27.5 Å². The fraction of sp³-hybridized carbons (Fsp3) is 0.650. The number of amides is 3. The lowest BCUT2D eigenvalue weighted by Crippen LogP contribution is -2.58. The van der Waals surface area contributed by atoms with Crippen molar-refractivity contribution in [3.05, 3.63) is 53.3 Å². The average molecular weight is 739 g/mol. The molecule has 8 atom stereocenters. The van der Waals surface area contributed by atoms with Gasteiger partial charge in [-0.3, -0.25) is 14.4 Å². The van der Waals surface area contributed by atoms with Crippen molar-refractivity contribution in [3.8, 4) is 0 Å². The van der Waals surface area contributed by atoms with Crippen molar-refractivity contribution < 1.29 is 33.8 Å². The predicted octanol–water partition coefficient (Wildman–Crippen LogP) is 4.65. The first-order valence-corrected chi connectivity index (χ1v) is 18.8. The molecule has 2 aromatic rings. The zero-order valence-corrected chi connectivity index (χ0v) is 33.5. The van der Waals surface area contributed by atoms with E-state index in [1.54, 1.807) is 30.9 Å². The summed E-state index contributed by atoms with van der Waals surface area (Å²) in [5, 5.41) is 16.2. The molecular formula is C40H62N6O7. The Balaban J connectivity index is 1.80. The standard InChI is InChI=1S/C40H62N6O7/c1-12-25(4)34(45(9)37(49)33(24(2)3)43-39-41-26(5)21-27(6)42-39)31(52-10)22-32(47)46-20-16-19-30(46)35(53-11)28(7)36(48)44-40(8,38(50)51)23-29-17-14-13-15-18-29/h13-15,17-18,21,24-25,28,30-31,33-35H,12,16,19-20,22-23H2,1-11H3,(H,44,48)(H,50,51)(H,41,42,43)/t25-,28+,30-,31+,33-,34-,35+,40-/m0/s1. The molecule has 3 N–H and O–H groups in total. The van der Waals surface area contributed by atoms with Crippen molar-refractivity contribution in [1.82, 2.24) is 25.1 Å². The van der Waals surface area contributed by atoms with E-state index in [9.17, 15) is 24.3 Å². The van der Waals surface area contributed by atoms with Crippen LogP contribution in [0, 0.1) is 31.6 Å². The highest BCUT2D eigenvalue weighted by molar-refractivity contribution is 5.88. The van der Waals surface area contributed by atoms with E-state index in [-0.39, 0.29) is 36.5 Å². The zero-order chi connectivity index (χ0) is 39.6. The molecule has 2 heterocycles. The third kappa shape index (κ3) is 11.0. The molecule has 0 spiro atoms. The van der Waals surface area contributed by atoms with E-state index >= 15 is 0 Å². The summed E-state index contributed by atoms with van der Waals surface area (Å²) in [7, 11) is 4.83. The van der Waals surface area contributed by atoms with Gasteiger partial charge in [0, 0.05) is 45.6 Å². The summed E-state index contributed by atoms with van der Waals surface area (Å²) in [6, 6.07) is 9.57. The molecule has 13 heteroatoms. The summed E-state index contributed by atoms with van der Waals surface area (Å²) in [6.07, 6.45) is 0.915. The molecule has 0 bridgehead atoms. The molecule has 1 fully saturated rings. The maximum absolute atomic E-state index is 14.2. The number of likely N-dealkylation sites (N-methyl/N-ethyl adjacent to an activating group) is 1. The number of aliphatic carboxylic acids is 1. The average Bonchev–Trinajstić information content (AvgIpc) is 3.59. The van der Waals surface area contributed by atoms with Gasteiger partial charge in [0.1, 0.15) is 11.6 Å². The van der Waals surface area contributed by atoms with Crippen LogP contribution in [-0.2, 0) is 35.1 Å². The first-order chi connectivity index (χ1) is 25.0. The highest BCUT2D eigenvalue weighted by Crippen LogP contribution is 2.30. The van der Waals surface area contributed by atoms with Crippen molar-refractivity contribution in [1.29, 1.82) is 0 Å². The number of hydrogen-bond acceptors (Lipinski definition) is 9. The number of carbonyl (C=O) groups is 4. The van der Waals surface area contributed by atoms with Crippen LogP contribution in [0.1, 0.15) is 84.2 Å². The van der Waals surface area contributed by atoms with Crippen molar-refractivity contribution in [2.24, 2.45) is 17.8 Å². The van der Waals surface area contributed by atoms with Gasteiger partial charge < -0.3 is 35.0 Å². The van der Waals surface area contributed by atoms with E-state index in [1.807, 2.05) is 71.0 Å². The van der Waals surface area contributed by atoms with Gasteiger partial charge in [-0.1, -0.05) is 71.4 Å². The fourth-order valence-corrected chi connectivity index (χ4v) is 7.53. The van der Waals surface area contributed by atoms with E-state index in [0.717, 1.165) is 29.8 Å². The zero-order valence-electron chi connectivity index (χ0n) is 33.5. The van der Waals surface area contributed by atoms with E-state index in [0.29, 0.717) is 18.9 Å². The highest BCUT2D eigenvalue weighted by atomic mass is 16.5. The van der Waals surface area contributed by atoms with Gasteiger partial charge in [0.05, 0.1) is 36.6 Å². The SMILES string of the molecule is CC[C@H](C)[C@@H]([C@@H](CC(=O)N1CCC[C@H]1[C@H](OC)[C@@H](C)C(=O)N[C@@](C)(Cc1ccccc1)C(=O)O)OC)N(C)C(=O)[C@@H](Nc1nc(C)cc(C)n1)C(C)C. The third-order valence-corrected chi connectivity index (χ3v) is 10.7. The second-order valence-electron chi connectivity index (χ2n) is 15.2. The minimum Gasteiger partial charge on any atom is -0.480 e. The van der Waals surface area contributed by atoms with Gasteiger partial charge in [-0.2, -0.15) is 0 Å². The van der Waals surface area contributed by atoms with Crippen LogP contribution < -0.4 is 10.6 Å². The molecule has 0 unspecified atom stereocenters. The number of carboxylic acids is 1. The third-order valence-electron chi connectivity index (χ3n) is 10.7. The van der Waals surface area contributed by atoms with Crippen LogP contribution in [0.5, 0.6) is 0 Å². The van der Waals surface area contributed by atoms with Crippen molar-refractivity contribution >= 4 is 29.6 Å². The van der Waals surface area contributed by atoms with Gasteiger partial charge in [0.2, 0.25) is 23.7 Å². The van der Waals surface area contributed by atoms with Crippen LogP contribution in [0.15, 0.2) is 36.4 Å². The molecule has 0 radical (unpaired) electrons. The van der Waals surface area contributed by atoms with Gasteiger partial charge in [-0.25, -0.2) is 14.8 Å². The maximum atomic E-state index is 14.2. The quantitative estimate of drug-likeness (QED) is 0.185. The number of aryl methyl sites for hydroxylation is 2. The van der Waals surface area contributed by atoms with Crippen molar-refractivity contribution in [3.63, 3.8) is 0 Å². The number of rotatable bonds is 19. The Morgan fingerprint density at radius 1 is 1.04 bits per heavy atom. The number of ether oxygens (including phenoxy) is 2. The Kier molecular flexibility index (Phi) is 15.8. The highest BCUT2D eigenvalue weighted by Gasteiger charge is 2.44. The summed E-state index contributed by atoms with van der Waals surface area (Å²) < 4.78 is 11.9. The fourth-order valence-electron chi connectivity index (χ4n) is 7.53. The second-order valence-corrected chi connectivity index (χ2v) is 15.2. The molecule has 294 valence electrons. The number of methoxy groups -OCH3 is 2. The van der Waals surface area contributed by atoms with Crippen LogP contribution >= 0.6 is 0 Å². The van der Waals surface area contributed by atoms with Crippen molar-refractivity contribution in [2.75, 3.05) is 33.1 Å². The van der Waals surface area contributed by atoms with Crippen LogP contribution in [-0.4, -0.2) is 112 Å². The molecule has 1 aliphatic rings. The number of likely N-dealkylation sites (tertiary alicyclic amines) is 1. The molecular weight excluding hydrogens is 676 g/mol. The Morgan fingerprint density at radius 3 is 2.19 bits per heavy atom. The molecule has 53 heavy (non-hydrogen) atoms. The van der Waals surface area contributed by atoms with Gasteiger partial charge in [-0.15, -0.1) is 0 Å². The molecule has 1 aromatic heterocycles. The van der Waals surface area contributed by atoms with Crippen LogP contribution in [0.2, 0.25) is 0 Å². The van der Waals surface area contributed by atoms with Crippen LogP contribution in [0.3, 0.4) is 0 Å². The maximum Gasteiger partial charge on any atom is 0.329 e. The number of carbonyl (C=O) groups excluding carboxylic acids is 3. The lowest BCUT2D eigenvalue weighted by Gasteiger charge is -2.41. The lowest BCUT2D eigenvalue weighted by molar-refractivity contribution is -0.150. The number of anilines is 1. The van der Waals surface area contributed by atoms with E-state index in [4.69, 9.17) is 9.47 Å². The number of nitrogens with one attached hydrogen (secondary N) is 2. The predicted molar refractivity (Wildman–Crippen MR) is 204 cm³/mol. The molecule has 3 rings (SSSR count). The number of carboxylic acid groups (broad SMARTS) is 1. The van der Waals surface area contributed by atoms with Crippen LogP contribution in [0.25, 0.3) is 0 Å². The first kappa shape index (κ1) is 43.3. The lowest BCUT2D eigenvalue weighted by atomic mass is 9.89. The smallest absolute Gasteiger partial charge is 0.329 e. The largest absolute Gasteiger partial charge is 0.480 e. The van der Waals surface area contributed by atoms with Crippen LogP contribution in [0.4, 0.5) is 5.95 Å². The van der Waals surface area contributed by atoms with Crippen molar-refractivity contribution in [2.45, 2.75) is 123 Å². The summed E-state index contributed by atoms with van der Waals surface area (Å²) in [6.45, 7) is 15.5. The van der Waals surface area contributed by atoms with E-state index in [1.165, 1.54) is 14.0 Å². The minimum absolute atomic E-state index is 0.00350. The molecule has 3 amide bonds. The first-order valence-electron chi connectivity index (χ1n) is 18.8. The summed E-state index contributed by atoms with van der Waals surface area (Å²) in [4.78, 5) is 66.9. The van der Waals surface area contributed by atoms with Gasteiger partial charge in [0.15, 0.2) is 0 Å². The molecule has 1 saturated heterocycles. The molecule has 1 aliphatic heterocycles. The Morgan fingerprint density at radius 2 is 1.66 bits per heavy atom. The summed E-state index contributed by atoms with van der Waals surface area (Å²) >= 11 is 0. The number of hydrogen-bond donors (Lipinski definition) is 3. The van der Waals surface area contributed by atoms with Gasteiger partial charge in [-0.05, 0) is 57.1 Å². The second kappa shape index (κ2) is 19.3. The summed E-state index contributed by atoms with van der Waals surface area (Å²) in [5.41, 5.74) is 0.827. The Hall–Kier alpha value is -4.10. The molecule has 1 aromatic carbocycles. The number of aromatic nitrogens is 2. The van der Waals surface area contributed by atoms with E-state index < -0.39 is 53.7 Å². The minimum atomic E-state index is -1.55. The summed E-state index contributed by atoms with van der Waals surface area (Å²) in [5.74, 6) is -2.39. The van der Waals surface area contributed by atoms with Gasteiger partial charge in [0.25, 0.3) is 0 Å². The van der Waals surface area contributed by atoms with Gasteiger partial charge >= 0.3 is 5.97 Å². The monoisotopic (exact) mass is 738 g/mol. The number of benzene rings is 1. The Labute approximate surface area is 315 Å². The normalized spacial score (nSPS) is 19.0. The Bertz CT molecular complexity index is 1520. The topological polar surface area (TPSA) is 163 Å². The molecule has 13 nitrogen and oxygen atoms in total.